The molecule has 0 spiro atoms. The van der Waals surface area contributed by atoms with Crippen molar-refractivity contribution in [2.24, 2.45) is 0 Å². The molecule has 0 aliphatic heterocycles. The molecule has 3 rings (SSSR count). The normalized spacial score (nSPS) is 13.5. The minimum atomic E-state index is 0.297. The Balaban J connectivity index is 2.00. The largest absolute Gasteiger partial charge is 0.113 e. The van der Waals surface area contributed by atoms with Crippen molar-refractivity contribution in [3.8, 4) is 0 Å². The fourth-order valence-corrected chi connectivity index (χ4v) is 3.04. The van der Waals surface area contributed by atoms with Crippen LogP contribution in [0.4, 0.5) is 0 Å². The summed E-state index contributed by atoms with van der Waals surface area (Å²) in [5.41, 5.74) is 7.02. The van der Waals surface area contributed by atoms with Gasteiger partial charge >= 0.3 is 0 Å². The molecule has 0 bridgehead atoms. The Bertz CT molecular complexity index is 888. The Labute approximate surface area is 158 Å². The van der Waals surface area contributed by atoms with Crippen LogP contribution < -0.4 is 5.46 Å². The van der Waals surface area contributed by atoms with E-state index >= 15 is 0 Å². The van der Waals surface area contributed by atoms with Gasteiger partial charge in [0.05, 0.1) is 0 Å². The average Bonchev–Trinajstić information content (AvgIpc) is 2.69. The van der Waals surface area contributed by atoms with Crippen LogP contribution >= 0.6 is 0 Å². The number of benzene rings is 3. The van der Waals surface area contributed by atoms with Crippen molar-refractivity contribution in [2.45, 2.75) is 19.8 Å². The van der Waals surface area contributed by atoms with Crippen LogP contribution in [0.25, 0.3) is 11.1 Å². The molecule has 0 aliphatic carbocycles. The van der Waals surface area contributed by atoms with Crippen LogP contribution in [0.15, 0.2) is 97.1 Å². The predicted octanol–water partition coefficient (Wildman–Crippen LogP) is 5.77. The summed E-state index contributed by atoms with van der Waals surface area (Å²) in [6, 6.07) is 29.2. The molecule has 1 heteroatoms. The highest BCUT2D eigenvalue weighted by atomic mass is 14.1. The van der Waals surface area contributed by atoms with Gasteiger partial charge in [0.1, 0.15) is 7.85 Å². The molecule has 1 atom stereocenters. The third-order valence-corrected chi connectivity index (χ3v) is 4.60. The van der Waals surface area contributed by atoms with Crippen LogP contribution in [0.2, 0.25) is 0 Å². The van der Waals surface area contributed by atoms with E-state index in [1.807, 2.05) is 18.2 Å². The first-order valence-electron chi connectivity index (χ1n) is 9.00. The zero-order valence-corrected chi connectivity index (χ0v) is 15.4. The average molecular weight is 334 g/mol. The predicted molar refractivity (Wildman–Crippen MR) is 115 cm³/mol. The number of rotatable bonds is 5. The van der Waals surface area contributed by atoms with Crippen LogP contribution in [-0.2, 0) is 0 Å². The fraction of sp³-hybridized carbons (Fsp3) is 0.120. The van der Waals surface area contributed by atoms with Gasteiger partial charge < -0.3 is 0 Å². The number of allylic oxidation sites excluding steroid dienone is 4. The Kier molecular flexibility index (Phi) is 5.91. The molecule has 0 nitrogen and oxygen atoms in total. The molecule has 1 unspecified atom stereocenters. The van der Waals surface area contributed by atoms with Crippen molar-refractivity contribution in [1.29, 1.82) is 0 Å². The maximum Gasteiger partial charge on any atom is 0.113 e. The van der Waals surface area contributed by atoms with Gasteiger partial charge in [-0.3, -0.25) is 0 Å². The number of hydrogen-bond donors (Lipinski definition) is 0. The van der Waals surface area contributed by atoms with Crippen LogP contribution in [0.3, 0.4) is 0 Å². The van der Waals surface area contributed by atoms with E-state index in [2.05, 4.69) is 92.7 Å². The summed E-state index contributed by atoms with van der Waals surface area (Å²) >= 11 is 0. The topological polar surface area (TPSA) is 0 Å². The van der Waals surface area contributed by atoms with Crippen LogP contribution in [0, 0.1) is 0 Å². The first kappa shape index (κ1) is 18.0. The first-order valence-corrected chi connectivity index (χ1v) is 9.00. The van der Waals surface area contributed by atoms with E-state index in [4.69, 9.17) is 7.85 Å². The highest BCUT2D eigenvalue weighted by Crippen LogP contribution is 2.27. The summed E-state index contributed by atoms with van der Waals surface area (Å²) < 4.78 is 0. The quantitative estimate of drug-likeness (QED) is 0.410. The van der Waals surface area contributed by atoms with Crippen molar-refractivity contribution in [1.82, 2.24) is 0 Å². The lowest BCUT2D eigenvalue weighted by atomic mass is 9.90. The highest BCUT2D eigenvalue weighted by molar-refractivity contribution is 6.32. The van der Waals surface area contributed by atoms with E-state index in [9.17, 15) is 0 Å². The van der Waals surface area contributed by atoms with Gasteiger partial charge in [-0.15, -0.1) is 0 Å². The molecule has 0 heterocycles. The summed E-state index contributed by atoms with van der Waals surface area (Å²) in [7, 11) is 5.82. The second-order valence-corrected chi connectivity index (χ2v) is 6.64. The molecule has 0 aromatic heterocycles. The lowest BCUT2D eigenvalue weighted by Crippen LogP contribution is -2.01. The molecular formula is C25H23B. The molecule has 0 saturated heterocycles. The van der Waals surface area contributed by atoms with Gasteiger partial charge in [-0.25, -0.2) is 0 Å². The van der Waals surface area contributed by atoms with Crippen molar-refractivity contribution < 1.29 is 0 Å². The van der Waals surface area contributed by atoms with E-state index in [1.165, 1.54) is 27.8 Å². The first-order chi connectivity index (χ1) is 12.6. The van der Waals surface area contributed by atoms with E-state index < -0.39 is 0 Å². The summed E-state index contributed by atoms with van der Waals surface area (Å²) in [4.78, 5) is 0. The van der Waals surface area contributed by atoms with Crippen LogP contribution in [0.1, 0.15) is 36.5 Å². The molecule has 0 fully saturated rings. The molecule has 126 valence electrons. The molecular weight excluding hydrogens is 311 g/mol. The van der Waals surface area contributed by atoms with Crippen molar-refractivity contribution in [3.05, 3.63) is 114 Å². The summed E-state index contributed by atoms with van der Waals surface area (Å²) in [5.74, 6) is 0.297. The molecule has 0 saturated carbocycles. The molecule has 2 radical (unpaired) electrons. The molecule has 0 aliphatic rings. The van der Waals surface area contributed by atoms with Crippen molar-refractivity contribution >= 4 is 24.5 Å². The molecule has 26 heavy (non-hydrogen) atoms. The Morgan fingerprint density at radius 2 is 1.31 bits per heavy atom. The van der Waals surface area contributed by atoms with E-state index in [-0.39, 0.29) is 0 Å². The molecule has 0 amide bonds. The van der Waals surface area contributed by atoms with Gasteiger partial charge in [-0.05, 0) is 40.7 Å². The van der Waals surface area contributed by atoms with E-state index in [0.29, 0.717) is 5.92 Å². The molecule has 3 aromatic carbocycles. The van der Waals surface area contributed by atoms with Crippen LogP contribution in [-0.4, -0.2) is 7.85 Å². The third-order valence-electron chi connectivity index (χ3n) is 4.60. The highest BCUT2D eigenvalue weighted by Gasteiger charge is 2.06. The zero-order valence-electron chi connectivity index (χ0n) is 15.4. The maximum atomic E-state index is 5.82. The van der Waals surface area contributed by atoms with Gasteiger partial charge in [0, 0.05) is 0 Å². The third kappa shape index (κ3) is 4.64. The smallest absolute Gasteiger partial charge is 0.0967 e. The Morgan fingerprint density at radius 1 is 0.769 bits per heavy atom. The fourth-order valence-electron chi connectivity index (χ4n) is 3.04. The summed E-state index contributed by atoms with van der Waals surface area (Å²) in [6.07, 6.45) is 4.60. The van der Waals surface area contributed by atoms with Gasteiger partial charge in [0.25, 0.3) is 0 Å². The standard InChI is InChI=1S/C25H23B/c1-19(21-9-5-3-6-10-21)17-24(23-11-7-4-8-12-23)18-20(2)22-13-15-25(26)16-14-22/h3-18,20H,1-2H3/b19-17+,24-18+. The van der Waals surface area contributed by atoms with Crippen molar-refractivity contribution in [2.75, 3.05) is 0 Å². The van der Waals surface area contributed by atoms with E-state index in [1.54, 1.807) is 0 Å². The number of hydrogen-bond acceptors (Lipinski definition) is 0. The zero-order chi connectivity index (χ0) is 18.4. The second-order valence-electron chi connectivity index (χ2n) is 6.64. The van der Waals surface area contributed by atoms with Gasteiger partial charge in [-0.1, -0.05) is 109 Å². The Hall–Kier alpha value is -2.80. The Morgan fingerprint density at radius 3 is 1.88 bits per heavy atom. The van der Waals surface area contributed by atoms with Gasteiger partial charge in [-0.2, -0.15) is 0 Å². The van der Waals surface area contributed by atoms with Crippen molar-refractivity contribution in [3.63, 3.8) is 0 Å². The summed E-state index contributed by atoms with van der Waals surface area (Å²) in [6.45, 7) is 4.39. The minimum absolute atomic E-state index is 0.297. The summed E-state index contributed by atoms with van der Waals surface area (Å²) in [5, 5.41) is 0. The van der Waals surface area contributed by atoms with E-state index in [0.717, 1.165) is 5.46 Å². The molecule has 3 aromatic rings. The monoisotopic (exact) mass is 334 g/mol. The molecule has 0 N–H and O–H groups in total. The van der Waals surface area contributed by atoms with Crippen LogP contribution in [0.5, 0.6) is 0 Å². The van der Waals surface area contributed by atoms with Gasteiger partial charge in [0.2, 0.25) is 0 Å². The second kappa shape index (κ2) is 8.53. The lowest BCUT2D eigenvalue weighted by Gasteiger charge is -2.12. The minimum Gasteiger partial charge on any atom is -0.0967 e. The lowest BCUT2D eigenvalue weighted by molar-refractivity contribution is 0.971. The van der Waals surface area contributed by atoms with Gasteiger partial charge in [0.15, 0.2) is 0 Å². The maximum absolute atomic E-state index is 5.82. The SMILES string of the molecule is [B]c1ccc(C(C)/C=C(\C=C(/C)c2ccccc2)c2ccccc2)cc1.